The number of nitrogens with zero attached hydrogens (tertiary/aromatic N) is 1. The lowest BCUT2D eigenvalue weighted by Gasteiger charge is -2.15. The Bertz CT molecular complexity index is 1030. The predicted molar refractivity (Wildman–Crippen MR) is 107 cm³/mol. The van der Waals surface area contributed by atoms with Crippen LogP contribution in [0.4, 0.5) is 0 Å². The molecule has 0 saturated carbocycles. The van der Waals surface area contributed by atoms with Crippen LogP contribution in [0.25, 0.3) is 0 Å². The van der Waals surface area contributed by atoms with Crippen LogP contribution in [0.5, 0.6) is 0 Å². The van der Waals surface area contributed by atoms with Gasteiger partial charge in [0.25, 0.3) is 0 Å². The van der Waals surface area contributed by atoms with Gasteiger partial charge < -0.3 is 9.31 Å². The maximum atomic E-state index is 12.3. The first-order valence-electron chi connectivity index (χ1n) is 8.84. The molecule has 2 aromatic carbocycles. The van der Waals surface area contributed by atoms with E-state index in [0.717, 1.165) is 11.0 Å². The van der Waals surface area contributed by atoms with E-state index in [4.69, 9.17) is 14.6 Å². The standard InChI is InChI=1S/C20H21BN2O4S/c1-15-20(2,3)27-21(26-15)18-9-7-16(8-10-18)11-12-23-28(24,25)19-6-4-5-17(13-19)14-22/h4-10,13,23H,1,11-12H2,2-3H3. The first kappa shape index (κ1) is 20.1. The molecule has 1 heterocycles. The van der Waals surface area contributed by atoms with Crippen molar-refractivity contribution >= 4 is 22.6 Å². The average molecular weight is 396 g/mol. The largest absolute Gasteiger partial charge is 0.563 e. The Morgan fingerprint density at radius 1 is 1.21 bits per heavy atom. The fourth-order valence-electron chi connectivity index (χ4n) is 2.75. The minimum absolute atomic E-state index is 0.0836. The zero-order valence-corrected chi connectivity index (χ0v) is 16.6. The first-order chi connectivity index (χ1) is 13.2. The van der Waals surface area contributed by atoms with Crippen LogP contribution in [-0.2, 0) is 25.8 Å². The fourth-order valence-corrected chi connectivity index (χ4v) is 3.83. The number of hydrogen-bond donors (Lipinski definition) is 1. The summed E-state index contributed by atoms with van der Waals surface area (Å²) in [6, 6.07) is 15.5. The number of sulfonamides is 1. The van der Waals surface area contributed by atoms with Crippen molar-refractivity contribution in [1.82, 2.24) is 4.72 Å². The molecule has 28 heavy (non-hydrogen) atoms. The Labute approximate surface area is 166 Å². The molecule has 0 aromatic heterocycles. The lowest BCUT2D eigenvalue weighted by Crippen LogP contribution is -2.34. The molecule has 0 atom stereocenters. The smallest absolute Gasteiger partial charge is 0.534 e. The van der Waals surface area contributed by atoms with Gasteiger partial charge in [0.15, 0.2) is 0 Å². The van der Waals surface area contributed by atoms with Crippen molar-refractivity contribution in [2.75, 3.05) is 6.54 Å². The van der Waals surface area contributed by atoms with E-state index in [9.17, 15) is 8.42 Å². The second kappa shape index (κ2) is 7.80. The number of benzene rings is 2. The Morgan fingerprint density at radius 3 is 2.54 bits per heavy atom. The molecule has 8 heteroatoms. The van der Waals surface area contributed by atoms with Crippen LogP contribution >= 0.6 is 0 Å². The van der Waals surface area contributed by atoms with Crippen LogP contribution in [0.3, 0.4) is 0 Å². The van der Waals surface area contributed by atoms with Gasteiger partial charge in [-0.1, -0.05) is 36.9 Å². The van der Waals surface area contributed by atoms with E-state index >= 15 is 0 Å². The predicted octanol–water partition coefficient (Wildman–Crippen LogP) is 2.11. The summed E-state index contributed by atoms with van der Waals surface area (Å²) in [5.74, 6) is 0.594. The summed E-state index contributed by atoms with van der Waals surface area (Å²) in [4.78, 5) is 0.0836. The van der Waals surface area contributed by atoms with Gasteiger partial charge in [-0.25, -0.2) is 13.1 Å². The summed E-state index contributed by atoms with van der Waals surface area (Å²) < 4.78 is 38.8. The van der Waals surface area contributed by atoms with Gasteiger partial charge in [0.1, 0.15) is 5.60 Å². The lowest BCUT2D eigenvalue weighted by atomic mass is 9.79. The van der Waals surface area contributed by atoms with Crippen molar-refractivity contribution < 1.29 is 17.7 Å². The SMILES string of the molecule is C=C1OB(c2ccc(CCNS(=O)(=O)c3cccc(C#N)c3)cc2)OC1(C)C. The summed E-state index contributed by atoms with van der Waals surface area (Å²) in [5, 5.41) is 8.91. The molecule has 2 aromatic rings. The van der Waals surface area contributed by atoms with Gasteiger partial charge in [-0.3, -0.25) is 0 Å². The molecule has 0 spiro atoms. The van der Waals surface area contributed by atoms with Crippen LogP contribution in [0.15, 0.2) is 65.8 Å². The highest BCUT2D eigenvalue weighted by Gasteiger charge is 2.42. The molecular weight excluding hydrogens is 375 g/mol. The van der Waals surface area contributed by atoms with Crippen molar-refractivity contribution in [2.24, 2.45) is 0 Å². The summed E-state index contributed by atoms with van der Waals surface area (Å²) in [5.41, 5.74) is 1.64. The van der Waals surface area contributed by atoms with E-state index in [2.05, 4.69) is 11.3 Å². The highest BCUT2D eigenvalue weighted by Crippen LogP contribution is 2.29. The zero-order valence-electron chi connectivity index (χ0n) is 15.8. The topological polar surface area (TPSA) is 88.4 Å². The zero-order chi connectivity index (χ0) is 20.4. The summed E-state index contributed by atoms with van der Waals surface area (Å²) in [6.07, 6.45) is 0.530. The van der Waals surface area contributed by atoms with Gasteiger partial charge >= 0.3 is 7.12 Å². The average Bonchev–Trinajstić information content (AvgIpc) is 2.95. The molecule has 0 aliphatic carbocycles. The van der Waals surface area contributed by atoms with Gasteiger partial charge in [0.2, 0.25) is 10.0 Å². The second-order valence-electron chi connectivity index (χ2n) is 7.03. The lowest BCUT2D eigenvalue weighted by molar-refractivity contribution is 0.173. The van der Waals surface area contributed by atoms with Crippen LogP contribution < -0.4 is 10.2 Å². The normalized spacial score (nSPS) is 15.9. The van der Waals surface area contributed by atoms with E-state index < -0.39 is 22.7 Å². The van der Waals surface area contributed by atoms with Gasteiger partial charge in [-0.15, -0.1) is 0 Å². The molecule has 0 amide bonds. The molecule has 0 radical (unpaired) electrons. The summed E-state index contributed by atoms with van der Waals surface area (Å²) in [6.45, 7) is 7.93. The van der Waals surface area contributed by atoms with Crippen molar-refractivity contribution in [1.29, 1.82) is 5.26 Å². The molecule has 1 N–H and O–H groups in total. The molecule has 0 unspecified atom stereocenters. The van der Waals surface area contributed by atoms with Crippen molar-refractivity contribution in [2.45, 2.75) is 30.8 Å². The summed E-state index contributed by atoms with van der Waals surface area (Å²) in [7, 11) is -4.14. The van der Waals surface area contributed by atoms with Crippen LogP contribution in [0.2, 0.25) is 0 Å². The van der Waals surface area contributed by atoms with Crippen molar-refractivity contribution in [3.63, 3.8) is 0 Å². The van der Waals surface area contributed by atoms with Crippen LogP contribution in [-0.4, -0.2) is 27.7 Å². The maximum Gasteiger partial charge on any atom is 0.563 e. The van der Waals surface area contributed by atoms with Gasteiger partial charge in [0, 0.05) is 6.54 Å². The fraction of sp³-hybridized carbons (Fsp3) is 0.250. The monoisotopic (exact) mass is 396 g/mol. The molecular formula is C20H21BN2O4S. The molecule has 1 fully saturated rings. The van der Waals surface area contributed by atoms with Crippen LogP contribution in [0.1, 0.15) is 25.0 Å². The van der Waals surface area contributed by atoms with Crippen molar-refractivity contribution in [3.8, 4) is 6.07 Å². The molecule has 0 bridgehead atoms. The molecule has 1 aliphatic rings. The molecule has 6 nitrogen and oxygen atoms in total. The summed E-state index contributed by atoms with van der Waals surface area (Å²) >= 11 is 0. The first-order valence-corrected chi connectivity index (χ1v) is 10.3. The van der Waals surface area contributed by atoms with Gasteiger partial charge in [0.05, 0.1) is 22.3 Å². The van der Waals surface area contributed by atoms with Gasteiger partial charge in [-0.2, -0.15) is 5.26 Å². The number of nitrogens with one attached hydrogen (secondary N) is 1. The third-order valence-corrected chi connectivity index (χ3v) is 6.01. The highest BCUT2D eigenvalue weighted by atomic mass is 32.2. The maximum absolute atomic E-state index is 12.3. The third kappa shape index (κ3) is 4.45. The third-order valence-electron chi connectivity index (χ3n) is 4.55. The number of nitriles is 1. The van der Waals surface area contributed by atoms with Crippen LogP contribution in [0, 0.1) is 11.3 Å². The van der Waals surface area contributed by atoms with E-state index in [-0.39, 0.29) is 11.4 Å². The minimum Gasteiger partial charge on any atom is -0.534 e. The van der Waals surface area contributed by atoms with Crippen molar-refractivity contribution in [3.05, 3.63) is 72.0 Å². The molecule has 144 valence electrons. The highest BCUT2D eigenvalue weighted by molar-refractivity contribution is 7.89. The molecule has 1 aliphatic heterocycles. The Kier molecular flexibility index (Phi) is 5.61. The van der Waals surface area contributed by atoms with Gasteiger partial charge in [-0.05, 0) is 49.5 Å². The van der Waals surface area contributed by atoms with E-state index in [1.165, 1.54) is 12.1 Å². The number of hydrogen-bond acceptors (Lipinski definition) is 5. The quantitative estimate of drug-likeness (QED) is 0.756. The van der Waals surface area contributed by atoms with E-state index in [1.807, 2.05) is 44.2 Å². The Hall–Kier alpha value is -2.60. The minimum atomic E-state index is -3.65. The second-order valence-corrected chi connectivity index (χ2v) is 8.80. The Balaban J connectivity index is 1.58. The van der Waals surface area contributed by atoms with E-state index in [1.54, 1.807) is 12.1 Å². The Morgan fingerprint density at radius 2 is 1.93 bits per heavy atom. The molecule has 3 rings (SSSR count). The molecule has 1 saturated heterocycles. The number of rotatable bonds is 6. The van der Waals surface area contributed by atoms with E-state index in [0.29, 0.717) is 17.7 Å².